The molecule has 1 aromatic heterocycles. The van der Waals surface area contributed by atoms with Crippen LogP contribution in [0.5, 0.6) is 0 Å². The Hall–Kier alpha value is -1.71. The lowest BCUT2D eigenvalue weighted by atomic mass is 10.1. The average molecular weight is 179 g/mol. The van der Waals surface area contributed by atoms with Gasteiger partial charge in [-0.3, -0.25) is 0 Å². The molecular weight excluding hydrogens is 174 g/mol. The van der Waals surface area contributed by atoms with E-state index in [4.69, 9.17) is 0 Å². The van der Waals surface area contributed by atoms with Crippen LogP contribution in [0.4, 0.5) is 8.78 Å². The van der Waals surface area contributed by atoms with E-state index in [0.29, 0.717) is 5.69 Å². The van der Waals surface area contributed by atoms with Crippen LogP contribution in [0.3, 0.4) is 0 Å². The average Bonchev–Trinajstić information content (AvgIpc) is 2.61. The third kappa shape index (κ3) is 1.42. The molecule has 0 unspecified atom stereocenters. The van der Waals surface area contributed by atoms with Gasteiger partial charge in [0.2, 0.25) is 0 Å². The zero-order valence-electron chi connectivity index (χ0n) is 6.51. The van der Waals surface area contributed by atoms with Crippen molar-refractivity contribution >= 4 is 0 Å². The van der Waals surface area contributed by atoms with E-state index in [0.717, 1.165) is 18.2 Å². The number of hydrogen-bond donors (Lipinski definition) is 1. The largest absolute Gasteiger partial charge is 0.341 e. The van der Waals surface area contributed by atoms with E-state index >= 15 is 0 Å². The number of rotatable bonds is 1. The van der Waals surface area contributed by atoms with Crippen molar-refractivity contribution in [1.29, 1.82) is 0 Å². The van der Waals surface area contributed by atoms with Gasteiger partial charge in [0.15, 0.2) is 6.33 Å². The Morgan fingerprint density at radius 2 is 2.15 bits per heavy atom. The summed E-state index contributed by atoms with van der Waals surface area (Å²) >= 11 is 0. The lowest BCUT2D eigenvalue weighted by Crippen LogP contribution is -1.85. The number of H-pyrrole nitrogens is 1. The second-order valence-electron chi connectivity index (χ2n) is 2.52. The van der Waals surface area contributed by atoms with Crippen molar-refractivity contribution < 1.29 is 8.78 Å². The van der Waals surface area contributed by atoms with Crippen LogP contribution in [-0.2, 0) is 0 Å². The predicted octanol–water partition coefficient (Wildman–Crippen LogP) is 2.16. The van der Waals surface area contributed by atoms with E-state index in [1.165, 1.54) is 6.20 Å². The molecule has 0 atom stereocenters. The summed E-state index contributed by atoms with van der Waals surface area (Å²) in [4.78, 5) is 6.25. The van der Waals surface area contributed by atoms with Crippen LogP contribution in [0, 0.1) is 18.0 Å². The van der Waals surface area contributed by atoms with Gasteiger partial charge in [0.25, 0.3) is 0 Å². The zero-order chi connectivity index (χ0) is 9.26. The van der Waals surface area contributed by atoms with Gasteiger partial charge in [-0.15, -0.1) is 0 Å². The number of benzene rings is 1. The monoisotopic (exact) mass is 179 g/mol. The SMILES string of the molecule is Fc1ccc(F)c(-c2c[nH][c]n2)c1. The topological polar surface area (TPSA) is 28.7 Å². The van der Waals surface area contributed by atoms with E-state index in [2.05, 4.69) is 16.3 Å². The smallest absolute Gasteiger partial charge is 0.174 e. The van der Waals surface area contributed by atoms with E-state index in [9.17, 15) is 8.78 Å². The van der Waals surface area contributed by atoms with Crippen molar-refractivity contribution in [1.82, 2.24) is 9.97 Å². The number of hydrogen-bond acceptors (Lipinski definition) is 1. The standard InChI is InChI=1S/C9H5F2N2/c10-6-1-2-8(11)7(3-6)9-4-12-5-13-9/h1-4H,(H,12,13). The molecule has 0 aliphatic rings. The molecular formula is C9H5F2N2. The highest BCUT2D eigenvalue weighted by Crippen LogP contribution is 2.20. The Morgan fingerprint density at radius 3 is 2.85 bits per heavy atom. The molecule has 1 aromatic carbocycles. The van der Waals surface area contributed by atoms with Crippen LogP contribution >= 0.6 is 0 Å². The van der Waals surface area contributed by atoms with Crippen molar-refractivity contribution in [3.63, 3.8) is 0 Å². The second-order valence-corrected chi connectivity index (χ2v) is 2.52. The number of nitrogens with zero attached hydrogens (tertiary/aromatic N) is 1. The molecule has 4 heteroatoms. The Labute approximate surface area is 73.2 Å². The summed E-state index contributed by atoms with van der Waals surface area (Å²) in [6.45, 7) is 0. The van der Waals surface area contributed by atoms with Gasteiger partial charge in [-0.05, 0) is 18.2 Å². The third-order valence-corrected chi connectivity index (χ3v) is 1.65. The van der Waals surface area contributed by atoms with Crippen molar-refractivity contribution in [2.45, 2.75) is 0 Å². The molecule has 0 aliphatic carbocycles. The highest BCUT2D eigenvalue weighted by Gasteiger charge is 2.07. The van der Waals surface area contributed by atoms with Gasteiger partial charge in [-0.1, -0.05) is 0 Å². The first-order chi connectivity index (χ1) is 6.27. The molecule has 0 aliphatic heterocycles. The molecule has 0 bridgehead atoms. The molecule has 0 saturated carbocycles. The van der Waals surface area contributed by atoms with Crippen LogP contribution < -0.4 is 0 Å². The van der Waals surface area contributed by atoms with Crippen molar-refractivity contribution in [2.75, 3.05) is 0 Å². The summed E-state index contributed by atoms with van der Waals surface area (Å²) in [5.74, 6) is -0.985. The van der Waals surface area contributed by atoms with Gasteiger partial charge in [0, 0.05) is 11.8 Å². The minimum absolute atomic E-state index is 0.137. The molecule has 0 saturated heterocycles. The van der Waals surface area contributed by atoms with Crippen molar-refractivity contribution in [2.24, 2.45) is 0 Å². The molecule has 1 N–H and O–H groups in total. The summed E-state index contributed by atoms with van der Waals surface area (Å²) in [5, 5.41) is 0. The van der Waals surface area contributed by atoms with Gasteiger partial charge >= 0.3 is 0 Å². The molecule has 2 aromatic rings. The Morgan fingerprint density at radius 1 is 1.31 bits per heavy atom. The molecule has 13 heavy (non-hydrogen) atoms. The lowest BCUT2D eigenvalue weighted by molar-refractivity contribution is 0.603. The Balaban J connectivity index is 2.57. The Kier molecular flexibility index (Phi) is 1.81. The van der Waals surface area contributed by atoms with Crippen LogP contribution in [0.1, 0.15) is 0 Å². The van der Waals surface area contributed by atoms with Gasteiger partial charge in [-0.25, -0.2) is 13.8 Å². The van der Waals surface area contributed by atoms with E-state index in [1.54, 1.807) is 0 Å². The normalized spacial score (nSPS) is 10.3. The van der Waals surface area contributed by atoms with E-state index < -0.39 is 11.6 Å². The van der Waals surface area contributed by atoms with Crippen molar-refractivity contribution in [3.05, 3.63) is 42.4 Å². The fourth-order valence-corrected chi connectivity index (χ4v) is 1.06. The van der Waals surface area contributed by atoms with E-state index in [1.807, 2.05) is 0 Å². The maximum Gasteiger partial charge on any atom is 0.174 e. The predicted molar refractivity (Wildman–Crippen MR) is 42.8 cm³/mol. The first kappa shape index (κ1) is 7.91. The molecule has 2 nitrogen and oxygen atoms in total. The van der Waals surface area contributed by atoms with Gasteiger partial charge in [0.05, 0.1) is 5.69 Å². The first-order valence-corrected chi connectivity index (χ1v) is 3.64. The van der Waals surface area contributed by atoms with Gasteiger partial charge in [-0.2, -0.15) is 0 Å². The highest BCUT2D eigenvalue weighted by molar-refractivity contribution is 5.58. The fourth-order valence-electron chi connectivity index (χ4n) is 1.06. The second kappa shape index (κ2) is 2.97. The van der Waals surface area contributed by atoms with Crippen LogP contribution in [-0.4, -0.2) is 9.97 Å². The fraction of sp³-hybridized carbons (Fsp3) is 0. The molecule has 2 rings (SSSR count). The van der Waals surface area contributed by atoms with Crippen LogP contribution in [0.2, 0.25) is 0 Å². The quantitative estimate of drug-likeness (QED) is 0.713. The molecule has 0 fully saturated rings. The zero-order valence-corrected chi connectivity index (χ0v) is 6.51. The van der Waals surface area contributed by atoms with Crippen LogP contribution in [0.25, 0.3) is 11.3 Å². The maximum atomic E-state index is 13.1. The summed E-state index contributed by atoms with van der Waals surface area (Å²) < 4.78 is 25.8. The van der Waals surface area contributed by atoms with E-state index in [-0.39, 0.29) is 5.56 Å². The van der Waals surface area contributed by atoms with Crippen molar-refractivity contribution in [3.8, 4) is 11.3 Å². The maximum absolute atomic E-state index is 13.1. The number of aromatic nitrogens is 2. The third-order valence-electron chi connectivity index (χ3n) is 1.65. The highest BCUT2D eigenvalue weighted by atomic mass is 19.1. The summed E-state index contributed by atoms with van der Waals surface area (Å²) in [6, 6.07) is 3.23. The van der Waals surface area contributed by atoms with Gasteiger partial charge < -0.3 is 4.98 Å². The molecule has 0 spiro atoms. The molecule has 0 amide bonds. The number of nitrogens with one attached hydrogen (secondary N) is 1. The molecule has 65 valence electrons. The molecule has 1 heterocycles. The number of aromatic amines is 1. The minimum atomic E-state index is -0.498. The summed E-state index contributed by atoms with van der Waals surface area (Å²) in [7, 11) is 0. The number of halogens is 2. The number of imidazole rings is 1. The summed E-state index contributed by atoms with van der Waals surface area (Å²) in [5.41, 5.74) is 0.481. The first-order valence-electron chi connectivity index (χ1n) is 3.64. The summed E-state index contributed by atoms with van der Waals surface area (Å²) in [6.07, 6.45) is 3.87. The minimum Gasteiger partial charge on any atom is -0.341 e. The lowest BCUT2D eigenvalue weighted by Gasteiger charge is -1.98. The van der Waals surface area contributed by atoms with Gasteiger partial charge in [0.1, 0.15) is 11.6 Å². The molecule has 1 radical (unpaired) electrons. The van der Waals surface area contributed by atoms with Crippen LogP contribution in [0.15, 0.2) is 24.4 Å². The Bertz CT molecular complexity index is 410.